The Balaban J connectivity index is 2.24. The highest BCUT2D eigenvalue weighted by Gasteiger charge is 2.57. The highest BCUT2D eigenvalue weighted by molar-refractivity contribution is 8.13. The van der Waals surface area contributed by atoms with Gasteiger partial charge in [0, 0.05) is 30.5 Å². The van der Waals surface area contributed by atoms with E-state index in [-0.39, 0.29) is 17.5 Å². The second-order valence-electron chi connectivity index (χ2n) is 10.3. The van der Waals surface area contributed by atoms with Gasteiger partial charge in [0.15, 0.2) is 11.3 Å². The fourth-order valence-electron chi connectivity index (χ4n) is 3.38. The highest BCUT2D eigenvalue weighted by Crippen LogP contribution is 2.48. The maximum atomic E-state index is 13.7. The van der Waals surface area contributed by atoms with E-state index in [9.17, 15) is 34.0 Å². The van der Waals surface area contributed by atoms with Crippen molar-refractivity contribution in [2.75, 3.05) is 26.1 Å². The topological polar surface area (TPSA) is 205 Å². The molecule has 0 amide bonds. The Bertz CT molecular complexity index is 1200. The summed E-state index contributed by atoms with van der Waals surface area (Å²) in [5, 5.41) is 23.7. The first-order valence-electron chi connectivity index (χ1n) is 12.4. The number of hydrogen-bond acceptors (Lipinski definition) is 13. The van der Waals surface area contributed by atoms with Gasteiger partial charge in [-0.05, 0) is 20.8 Å². The predicted octanol–water partition coefficient (Wildman–Crippen LogP) is 0.507. The van der Waals surface area contributed by atoms with Gasteiger partial charge in [-0.2, -0.15) is 0 Å². The first-order chi connectivity index (χ1) is 18.4. The summed E-state index contributed by atoms with van der Waals surface area (Å²) in [4.78, 5) is 50.2. The van der Waals surface area contributed by atoms with E-state index >= 15 is 0 Å². The van der Waals surface area contributed by atoms with E-state index in [1.165, 1.54) is 6.92 Å². The van der Waals surface area contributed by atoms with Gasteiger partial charge >= 0.3 is 19.4 Å². The van der Waals surface area contributed by atoms with Crippen LogP contribution in [0, 0.1) is 5.41 Å². The summed E-state index contributed by atoms with van der Waals surface area (Å²) >= 11 is 0.966. The minimum Gasteiger partial charge on any atom is -0.462 e. The van der Waals surface area contributed by atoms with Crippen LogP contribution in [0.5, 0.6) is 0 Å². The molecule has 0 radical (unpaired) electrons. The van der Waals surface area contributed by atoms with Crippen molar-refractivity contribution in [3.8, 4) is 0 Å². The Hall–Kier alpha value is -1.88. The fraction of sp³-hybridized carbons (Fsp3) is 0.739. The van der Waals surface area contributed by atoms with Gasteiger partial charge in [-0.25, -0.2) is 14.4 Å². The number of aromatic nitrogens is 2. The maximum Gasteiger partial charge on any atom is 0.406 e. The molecule has 1 saturated heterocycles. The molecule has 1 aromatic rings. The van der Waals surface area contributed by atoms with Crippen molar-refractivity contribution >= 4 is 30.6 Å². The molecule has 1 unspecified atom stereocenters. The summed E-state index contributed by atoms with van der Waals surface area (Å²) in [5.41, 5.74) is -2.22. The lowest BCUT2D eigenvalue weighted by atomic mass is 10.00. The smallest absolute Gasteiger partial charge is 0.406 e. The summed E-state index contributed by atoms with van der Waals surface area (Å²) in [5.74, 6) is -2.79. The first-order valence-corrected chi connectivity index (χ1v) is 14.9. The van der Waals surface area contributed by atoms with Crippen LogP contribution in [0.2, 0.25) is 0 Å². The van der Waals surface area contributed by atoms with Crippen molar-refractivity contribution in [3.63, 3.8) is 0 Å². The number of rotatable bonds is 13. The zero-order chi connectivity index (χ0) is 30.5. The molecule has 0 spiro atoms. The normalized spacial score (nSPS) is 25.5. The predicted molar refractivity (Wildman–Crippen MR) is 143 cm³/mol. The number of aliphatic hydroxyl groups excluding tert-OH is 2. The Kier molecular flexibility index (Phi) is 11.9. The van der Waals surface area contributed by atoms with Gasteiger partial charge in [-0.1, -0.05) is 32.5 Å². The van der Waals surface area contributed by atoms with E-state index in [1.807, 2.05) is 4.98 Å². The lowest BCUT2D eigenvalue weighted by Gasteiger charge is -2.32. The number of esters is 1. The molecule has 0 aliphatic carbocycles. The van der Waals surface area contributed by atoms with E-state index in [0.717, 1.165) is 35.7 Å². The third kappa shape index (κ3) is 8.81. The van der Waals surface area contributed by atoms with Crippen LogP contribution in [0.4, 0.5) is 0 Å². The molecule has 1 aromatic heterocycles. The molecule has 17 heteroatoms. The summed E-state index contributed by atoms with van der Waals surface area (Å²) in [6.45, 7) is 8.86. The Morgan fingerprint density at radius 1 is 1.25 bits per heavy atom. The van der Waals surface area contributed by atoms with Gasteiger partial charge in [0.2, 0.25) is 5.79 Å². The maximum absolute atomic E-state index is 13.7. The molecule has 0 bridgehead atoms. The monoisotopic (exact) mass is 611 g/mol. The molecule has 1 aliphatic rings. The third-order valence-electron chi connectivity index (χ3n) is 5.54. The number of H-pyrrole nitrogens is 1. The number of aromatic amines is 1. The summed E-state index contributed by atoms with van der Waals surface area (Å²) < 4.78 is 41.6. The third-order valence-corrected chi connectivity index (χ3v) is 8.48. The largest absolute Gasteiger partial charge is 0.462 e. The molecular formula is C23H38N3O12PS. The molecule has 4 N–H and O–H groups in total. The van der Waals surface area contributed by atoms with Crippen LogP contribution in [0.15, 0.2) is 21.9 Å². The Labute approximate surface area is 235 Å². The van der Waals surface area contributed by atoms with Gasteiger partial charge in [0.25, 0.3) is 5.56 Å². The van der Waals surface area contributed by atoms with Crippen LogP contribution in [0.1, 0.15) is 47.8 Å². The second kappa shape index (κ2) is 13.9. The van der Waals surface area contributed by atoms with Crippen LogP contribution >= 0.6 is 19.5 Å². The first kappa shape index (κ1) is 34.3. The number of methoxy groups -OCH3 is 1. The summed E-state index contributed by atoms with van der Waals surface area (Å²) in [6.07, 6.45) is -4.47. The molecule has 228 valence electrons. The molecular weight excluding hydrogens is 573 g/mol. The quantitative estimate of drug-likeness (QED) is 0.136. The van der Waals surface area contributed by atoms with E-state index < -0.39 is 73.4 Å². The number of carbonyl (C=O) groups excluding carboxylic acids is 2. The zero-order valence-corrected chi connectivity index (χ0v) is 25.2. The van der Waals surface area contributed by atoms with Gasteiger partial charge < -0.3 is 24.4 Å². The SMILES string of the molecule is CO[C@]1(COP(=O)(N[C@H](C)C(=O)OC(C)C)OCCSC(=O)C(C)(C)C)O[C@@H](n2ccc(=O)[nH]c2=O)[C@H](O)[C@@H]1O. The van der Waals surface area contributed by atoms with Crippen molar-refractivity contribution in [1.82, 2.24) is 14.6 Å². The molecule has 15 nitrogen and oxygen atoms in total. The minimum atomic E-state index is -4.38. The van der Waals surface area contributed by atoms with Gasteiger partial charge in [-0.3, -0.25) is 33.0 Å². The molecule has 2 heterocycles. The van der Waals surface area contributed by atoms with Crippen LogP contribution in [-0.4, -0.2) is 87.1 Å². The van der Waals surface area contributed by atoms with Crippen LogP contribution in [0.3, 0.4) is 0 Å². The van der Waals surface area contributed by atoms with Gasteiger partial charge in [0.1, 0.15) is 24.9 Å². The average Bonchev–Trinajstić information content (AvgIpc) is 3.10. The fourth-order valence-corrected chi connectivity index (χ4v) is 5.77. The minimum absolute atomic E-state index is 0.112. The van der Waals surface area contributed by atoms with Crippen molar-refractivity contribution in [2.24, 2.45) is 5.41 Å². The Morgan fingerprint density at radius 2 is 1.90 bits per heavy atom. The molecule has 0 saturated carbocycles. The molecule has 1 aliphatic heterocycles. The summed E-state index contributed by atoms with van der Waals surface area (Å²) in [6, 6.07) is -0.151. The van der Waals surface area contributed by atoms with Crippen LogP contribution < -0.4 is 16.3 Å². The van der Waals surface area contributed by atoms with Crippen LogP contribution in [0.25, 0.3) is 0 Å². The number of carbonyl (C=O) groups is 2. The average molecular weight is 612 g/mol. The molecule has 40 heavy (non-hydrogen) atoms. The van der Waals surface area contributed by atoms with Gasteiger partial charge in [-0.15, -0.1) is 0 Å². The van der Waals surface area contributed by atoms with E-state index in [1.54, 1.807) is 34.6 Å². The van der Waals surface area contributed by atoms with Crippen LogP contribution in [-0.2, 0) is 37.4 Å². The number of nitrogens with zero attached hydrogens (tertiary/aromatic N) is 1. The zero-order valence-electron chi connectivity index (χ0n) is 23.4. The van der Waals surface area contributed by atoms with Crippen molar-refractivity contribution in [2.45, 2.75) is 77.9 Å². The summed E-state index contributed by atoms with van der Waals surface area (Å²) in [7, 11) is -3.26. The number of ether oxygens (including phenoxy) is 3. The number of aliphatic hydroxyl groups is 2. The van der Waals surface area contributed by atoms with Crippen molar-refractivity contribution in [1.29, 1.82) is 0 Å². The lowest BCUT2D eigenvalue weighted by molar-refractivity contribution is -0.267. The number of thioether (sulfide) groups is 1. The van der Waals surface area contributed by atoms with Gasteiger partial charge in [0.05, 0.1) is 12.7 Å². The van der Waals surface area contributed by atoms with E-state index in [0.29, 0.717) is 0 Å². The number of hydrogen-bond donors (Lipinski definition) is 4. The second-order valence-corrected chi connectivity index (χ2v) is 13.1. The Morgan fingerprint density at radius 3 is 2.45 bits per heavy atom. The number of nitrogens with one attached hydrogen (secondary N) is 2. The highest BCUT2D eigenvalue weighted by atomic mass is 32.2. The van der Waals surface area contributed by atoms with E-state index in [2.05, 4.69) is 5.09 Å². The standard InChI is InChI=1S/C23H38N3O12PS/c1-13(2)37-19(30)14(3)25-39(33,35-10-11-40-20(31)22(4,5)6)36-12-23(34-7)17(29)16(28)18(38-23)26-9-8-15(27)24-21(26)32/h8-9,13-14,16-18,28-29H,10-12H2,1-7H3,(H,25,33)(H,24,27,32)/t14-,16-,17+,18-,23-,39?/m1/s1. The molecule has 1 fully saturated rings. The van der Waals surface area contributed by atoms with Crippen molar-refractivity contribution in [3.05, 3.63) is 33.1 Å². The molecule has 2 rings (SSSR count). The molecule has 6 atom stereocenters. The molecule has 0 aromatic carbocycles. The van der Waals surface area contributed by atoms with E-state index in [4.69, 9.17) is 23.3 Å². The van der Waals surface area contributed by atoms with Crippen molar-refractivity contribution < 1.29 is 47.6 Å². The lowest BCUT2D eigenvalue weighted by Crippen LogP contribution is -2.49.